The quantitative estimate of drug-likeness (QED) is 0.759. The molecule has 2 heterocycles. The number of aryl methyl sites for hydroxylation is 1. The van der Waals surface area contributed by atoms with Gasteiger partial charge in [-0.2, -0.15) is 0 Å². The van der Waals surface area contributed by atoms with E-state index in [1.54, 1.807) is 0 Å². The number of hydrogen-bond donors (Lipinski definition) is 1. The minimum absolute atomic E-state index is 0.0250. The molecule has 1 unspecified atom stereocenters. The standard InChI is InChI=1S/C20H28N2O4/c1-22(13-15-5-3-11-25-14-15)19(24)8-4-12-26-17-7-2-6-16-9-10-18(23)21-20(16)17/h2,6-7,15H,3-5,8-14H2,1H3,(H,21,23). The molecule has 0 bridgehead atoms. The van der Waals surface area contributed by atoms with Crippen LogP contribution in [0.2, 0.25) is 0 Å². The van der Waals surface area contributed by atoms with Gasteiger partial charge in [-0.15, -0.1) is 0 Å². The largest absolute Gasteiger partial charge is 0.491 e. The Morgan fingerprint density at radius 2 is 2.27 bits per heavy atom. The lowest BCUT2D eigenvalue weighted by molar-refractivity contribution is -0.131. The number of benzene rings is 1. The fraction of sp³-hybridized carbons (Fsp3) is 0.600. The molecular formula is C20H28N2O4. The van der Waals surface area contributed by atoms with Crippen LogP contribution in [0.3, 0.4) is 0 Å². The molecule has 1 aromatic carbocycles. The Kier molecular flexibility index (Phi) is 6.50. The molecule has 0 aromatic heterocycles. The Balaban J connectivity index is 1.41. The zero-order chi connectivity index (χ0) is 18.4. The minimum Gasteiger partial charge on any atom is -0.491 e. The molecular weight excluding hydrogens is 332 g/mol. The third kappa shape index (κ3) is 4.97. The molecule has 2 aliphatic rings. The van der Waals surface area contributed by atoms with Crippen LogP contribution in [0.25, 0.3) is 0 Å². The van der Waals surface area contributed by atoms with E-state index in [9.17, 15) is 9.59 Å². The molecule has 1 atom stereocenters. The van der Waals surface area contributed by atoms with Gasteiger partial charge in [-0.05, 0) is 43.2 Å². The predicted molar refractivity (Wildman–Crippen MR) is 99.3 cm³/mol. The number of ether oxygens (including phenoxy) is 2. The second kappa shape index (κ2) is 9.03. The topological polar surface area (TPSA) is 67.9 Å². The van der Waals surface area contributed by atoms with Gasteiger partial charge in [0, 0.05) is 33.0 Å². The summed E-state index contributed by atoms with van der Waals surface area (Å²) in [7, 11) is 1.86. The van der Waals surface area contributed by atoms with Crippen molar-refractivity contribution in [2.24, 2.45) is 5.92 Å². The Hall–Kier alpha value is -2.08. The van der Waals surface area contributed by atoms with Crippen molar-refractivity contribution in [2.75, 3.05) is 38.7 Å². The number of carbonyl (C=O) groups excluding carboxylic acids is 2. The van der Waals surface area contributed by atoms with E-state index in [0.29, 0.717) is 37.5 Å². The molecule has 1 fully saturated rings. The maximum absolute atomic E-state index is 12.3. The summed E-state index contributed by atoms with van der Waals surface area (Å²) in [6, 6.07) is 5.81. The highest BCUT2D eigenvalue weighted by Gasteiger charge is 2.20. The summed E-state index contributed by atoms with van der Waals surface area (Å²) in [5, 5.41) is 2.89. The molecule has 6 nitrogen and oxygen atoms in total. The van der Waals surface area contributed by atoms with Crippen LogP contribution in [0.15, 0.2) is 18.2 Å². The van der Waals surface area contributed by atoms with E-state index in [-0.39, 0.29) is 11.8 Å². The van der Waals surface area contributed by atoms with Gasteiger partial charge in [-0.1, -0.05) is 12.1 Å². The van der Waals surface area contributed by atoms with Crippen molar-refractivity contribution in [2.45, 2.75) is 38.5 Å². The second-order valence-electron chi connectivity index (χ2n) is 7.15. The van der Waals surface area contributed by atoms with Crippen molar-refractivity contribution < 1.29 is 19.1 Å². The van der Waals surface area contributed by atoms with Crippen molar-refractivity contribution >= 4 is 17.5 Å². The number of rotatable bonds is 7. The lowest BCUT2D eigenvalue weighted by Crippen LogP contribution is -2.35. The van der Waals surface area contributed by atoms with Gasteiger partial charge in [0.15, 0.2) is 0 Å². The first-order valence-corrected chi connectivity index (χ1v) is 9.49. The van der Waals surface area contributed by atoms with Gasteiger partial charge >= 0.3 is 0 Å². The van der Waals surface area contributed by atoms with Crippen LogP contribution in [0.4, 0.5) is 5.69 Å². The number of anilines is 1. The van der Waals surface area contributed by atoms with E-state index in [1.807, 2.05) is 30.1 Å². The lowest BCUT2D eigenvalue weighted by Gasteiger charge is -2.27. The lowest BCUT2D eigenvalue weighted by atomic mass is 10.0. The third-order valence-electron chi connectivity index (χ3n) is 5.00. The van der Waals surface area contributed by atoms with Crippen molar-refractivity contribution in [1.82, 2.24) is 4.90 Å². The summed E-state index contributed by atoms with van der Waals surface area (Å²) in [5.74, 6) is 1.31. The van der Waals surface area contributed by atoms with E-state index in [4.69, 9.17) is 9.47 Å². The van der Waals surface area contributed by atoms with Crippen LogP contribution in [0.1, 0.15) is 37.7 Å². The smallest absolute Gasteiger partial charge is 0.224 e. The van der Waals surface area contributed by atoms with Gasteiger partial charge in [0.05, 0.1) is 18.9 Å². The summed E-state index contributed by atoms with van der Waals surface area (Å²) >= 11 is 0. The molecule has 3 rings (SSSR count). The fourth-order valence-corrected chi connectivity index (χ4v) is 3.53. The number of hydrogen-bond acceptors (Lipinski definition) is 4. The molecule has 6 heteroatoms. The van der Waals surface area contributed by atoms with Gasteiger partial charge in [0.25, 0.3) is 0 Å². The second-order valence-corrected chi connectivity index (χ2v) is 7.15. The first kappa shape index (κ1) is 18.7. The SMILES string of the molecule is CN(CC1CCCOC1)C(=O)CCCOc1cccc2c1NC(=O)CC2. The minimum atomic E-state index is 0.0250. The number of nitrogens with one attached hydrogen (secondary N) is 1. The number of nitrogens with zero attached hydrogens (tertiary/aromatic N) is 1. The average molecular weight is 360 g/mol. The molecule has 0 saturated carbocycles. The number of carbonyl (C=O) groups is 2. The van der Waals surface area contributed by atoms with Crippen molar-refractivity contribution in [1.29, 1.82) is 0 Å². The van der Waals surface area contributed by atoms with Crippen LogP contribution >= 0.6 is 0 Å². The number of para-hydroxylation sites is 1. The van der Waals surface area contributed by atoms with Crippen LogP contribution in [-0.2, 0) is 20.7 Å². The van der Waals surface area contributed by atoms with Crippen molar-refractivity contribution in [3.05, 3.63) is 23.8 Å². The predicted octanol–water partition coefficient (Wildman–Crippen LogP) is 2.62. The first-order chi connectivity index (χ1) is 12.6. The van der Waals surface area contributed by atoms with E-state index in [0.717, 1.165) is 50.3 Å². The normalized spacial score (nSPS) is 19.4. The highest BCUT2D eigenvalue weighted by atomic mass is 16.5. The van der Waals surface area contributed by atoms with Crippen LogP contribution in [-0.4, -0.2) is 50.1 Å². The van der Waals surface area contributed by atoms with Crippen LogP contribution in [0, 0.1) is 5.92 Å². The fourth-order valence-electron chi connectivity index (χ4n) is 3.53. The van der Waals surface area contributed by atoms with Crippen molar-refractivity contribution in [3.63, 3.8) is 0 Å². The van der Waals surface area contributed by atoms with Gasteiger partial charge in [0.1, 0.15) is 5.75 Å². The molecule has 1 N–H and O–H groups in total. The Morgan fingerprint density at radius 3 is 3.08 bits per heavy atom. The maximum Gasteiger partial charge on any atom is 0.224 e. The molecule has 1 saturated heterocycles. The van der Waals surface area contributed by atoms with Gasteiger partial charge < -0.3 is 19.7 Å². The summed E-state index contributed by atoms with van der Waals surface area (Å²) < 4.78 is 11.3. The van der Waals surface area contributed by atoms with E-state index in [1.165, 1.54) is 0 Å². The maximum atomic E-state index is 12.3. The zero-order valence-corrected chi connectivity index (χ0v) is 15.5. The molecule has 0 spiro atoms. The van der Waals surface area contributed by atoms with Gasteiger partial charge in [-0.3, -0.25) is 9.59 Å². The van der Waals surface area contributed by atoms with Gasteiger partial charge in [0.2, 0.25) is 11.8 Å². The molecule has 2 amide bonds. The van der Waals surface area contributed by atoms with Crippen LogP contribution < -0.4 is 10.1 Å². The highest BCUT2D eigenvalue weighted by Crippen LogP contribution is 2.32. The molecule has 142 valence electrons. The third-order valence-corrected chi connectivity index (χ3v) is 5.00. The number of fused-ring (bicyclic) bond motifs is 1. The average Bonchev–Trinajstić information content (AvgIpc) is 2.66. The van der Waals surface area contributed by atoms with Gasteiger partial charge in [-0.25, -0.2) is 0 Å². The Bertz CT molecular complexity index is 641. The van der Waals surface area contributed by atoms with E-state index in [2.05, 4.69) is 5.32 Å². The Labute approximate surface area is 154 Å². The molecule has 0 aliphatic carbocycles. The molecule has 0 radical (unpaired) electrons. The molecule has 26 heavy (non-hydrogen) atoms. The molecule has 2 aliphatic heterocycles. The summed E-state index contributed by atoms with van der Waals surface area (Å²) in [6.07, 6.45) is 4.59. The van der Waals surface area contributed by atoms with Crippen LogP contribution in [0.5, 0.6) is 5.75 Å². The van der Waals surface area contributed by atoms with E-state index < -0.39 is 0 Å². The zero-order valence-electron chi connectivity index (χ0n) is 15.5. The summed E-state index contributed by atoms with van der Waals surface area (Å²) in [6.45, 7) is 2.82. The highest BCUT2D eigenvalue weighted by molar-refractivity contribution is 5.95. The molecule has 1 aromatic rings. The monoisotopic (exact) mass is 360 g/mol. The summed E-state index contributed by atoms with van der Waals surface area (Å²) in [4.78, 5) is 25.7. The van der Waals surface area contributed by atoms with E-state index >= 15 is 0 Å². The Morgan fingerprint density at radius 1 is 1.38 bits per heavy atom. The van der Waals surface area contributed by atoms with Crippen molar-refractivity contribution in [3.8, 4) is 5.75 Å². The summed E-state index contributed by atoms with van der Waals surface area (Å²) in [5.41, 5.74) is 1.89. The number of amides is 2. The first-order valence-electron chi connectivity index (χ1n) is 9.49.